The van der Waals surface area contributed by atoms with Crippen molar-refractivity contribution in [3.05, 3.63) is 139 Å². The van der Waals surface area contributed by atoms with Gasteiger partial charge in [-0.2, -0.15) is 38.8 Å². The zero-order valence-electron chi connectivity index (χ0n) is 34.5. The highest BCUT2D eigenvalue weighted by atomic mass is 32.2. The van der Waals surface area contributed by atoms with Crippen LogP contribution in [0.25, 0.3) is 32.3 Å². The van der Waals surface area contributed by atoms with Crippen molar-refractivity contribution in [1.82, 2.24) is 0 Å². The van der Waals surface area contributed by atoms with E-state index in [0.717, 1.165) is 42.5 Å². The van der Waals surface area contributed by atoms with Gasteiger partial charge in [0.05, 0.1) is 49.3 Å². The van der Waals surface area contributed by atoms with E-state index in [-0.39, 0.29) is 77.7 Å². The number of hydrogen-bond acceptors (Lipinski definition) is 17. The quantitative estimate of drug-likeness (QED) is 0.0340. The van der Waals surface area contributed by atoms with Crippen LogP contribution in [0.15, 0.2) is 184 Å². The monoisotopic (exact) mass is 1010 g/mol. The van der Waals surface area contributed by atoms with Gasteiger partial charge in [-0.1, -0.05) is 48.5 Å². The average molecular weight is 1010 g/mol. The summed E-state index contributed by atoms with van der Waals surface area (Å²) in [6, 6.07) is 28.9. The Hall–Kier alpha value is -7.95. The fourth-order valence-electron chi connectivity index (χ4n) is 6.97. The van der Waals surface area contributed by atoms with Crippen molar-refractivity contribution in [3.63, 3.8) is 0 Å². The van der Waals surface area contributed by atoms with E-state index in [0.29, 0.717) is 0 Å². The van der Waals surface area contributed by atoms with Gasteiger partial charge in [0, 0.05) is 27.4 Å². The largest absolute Gasteiger partial charge is 0.505 e. The Morgan fingerprint density at radius 1 is 0.478 bits per heavy atom. The standard InChI is InChI=1S/C43H30N8O14S4/c44-33-15-12-26(20-38(33)68(60,61)62)46-47-35-11-5-9-31-32(35)21-29(67(57,58)59)22-36(31)49-50-37-19-27(45-43(53)23-6-2-1-3-7-23)16-25-18-39(69(63,64)65)41(42(52)40(25)37)51-48-34-10-4-8-24-17-28(66(54,55)56)13-14-30(24)34/h1-22,52H,44H2,(H,45,53)(H,54,55,56)(H,57,58,59)(H,60,61,62)(H,63,64,65). The molecule has 350 valence electrons. The molecule has 8 aromatic carbocycles. The topological polar surface area (TPSA) is 367 Å². The summed E-state index contributed by atoms with van der Waals surface area (Å²) >= 11 is 0. The Morgan fingerprint density at radius 2 is 1.12 bits per heavy atom. The maximum Gasteiger partial charge on any atom is 0.296 e. The summed E-state index contributed by atoms with van der Waals surface area (Å²) in [5.74, 6) is -1.57. The Kier molecular flexibility index (Phi) is 12.4. The molecule has 0 atom stereocenters. The minimum Gasteiger partial charge on any atom is -0.505 e. The SMILES string of the molecule is Nc1ccc(N=Nc2cccc3c(N=Nc4cc(NC(=O)c5ccccc5)cc5cc(S(=O)(=O)O)c(N=Nc6cccc7cc(S(=O)(=O)O)ccc67)c(O)c45)cc(S(=O)(=O)O)cc23)cc1S(=O)(=O)O. The third-order valence-electron chi connectivity index (χ3n) is 10.1. The maximum absolute atomic E-state index is 13.3. The molecule has 1 amide bonds. The number of fused-ring (bicyclic) bond motifs is 3. The van der Waals surface area contributed by atoms with Crippen molar-refractivity contribution in [2.75, 3.05) is 11.1 Å². The van der Waals surface area contributed by atoms with Crippen LogP contribution < -0.4 is 11.1 Å². The van der Waals surface area contributed by atoms with Crippen LogP contribution in [0.5, 0.6) is 5.75 Å². The lowest BCUT2D eigenvalue weighted by molar-refractivity contribution is 0.102. The normalized spacial score (nSPS) is 12.8. The van der Waals surface area contributed by atoms with E-state index in [1.54, 1.807) is 18.2 Å². The molecule has 22 nitrogen and oxygen atoms in total. The number of hydrogen-bond donors (Lipinski definition) is 7. The van der Waals surface area contributed by atoms with E-state index < -0.39 is 77.4 Å². The molecule has 0 saturated heterocycles. The smallest absolute Gasteiger partial charge is 0.296 e. The Balaban J connectivity index is 1.32. The van der Waals surface area contributed by atoms with Crippen molar-refractivity contribution in [2.24, 2.45) is 30.7 Å². The van der Waals surface area contributed by atoms with E-state index in [4.69, 9.17) is 5.73 Å². The molecular weight excluding hydrogens is 981 g/mol. The van der Waals surface area contributed by atoms with Crippen LogP contribution in [0.4, 0.5) is 45.5 Å². The van der Waals surface area contributed by atoms with E-state index >= 15 is 0 Å². The van der Waals surface area contributed by atoms with Crippen molar-refractivity contribution in [2.45, 2.75) is 19.6 Å². The Labute approximate surface area is 390 Å². The molecule has 0 spiro atoms. The first-order valence-electron chi connectivity index (χ1n) is 19.3. The molecule has 0 fully saturated rings. The second-order valence-corrected chi connectivity index (χ2v) is 20.3. The van der Waals surface area contributed by atoms with Gasteiger partial charge in [-0.15, -0.1) is 25.6 Å². The summed E-state index contributed by atoms with van der Waals surface area (Å²) < 4.78 is 138. The molecule has 0 aliphatic heterocycles. The first-order chi connectivity index (χ1) is 32.5. The highest BCUT2D eigenvalue weighted by molar-refractivity contribution is 7.86. The number of aromatic hydroxyl groups is 1. The minimum absolute atomic E-state index is 0.00971. The summed E-state index contributed by atoms with van der Waals surface area (Å²) in [5.41, 5.74) is 4.10. The van der Waals surface area contributed by atoms with E-state index in [1.165, 1.54) is 72.8 Å². The van der Waals surface area contributed by atoms with Crippen LogP contribution in [0, 0.1) is 0 Å². The number of nitrogens with zero attached hydrogens (tertiary/aromatic N) is 6. The van der Waals surface area contributed by atoms with E-state index in [2.05, 4.69) is 36.0 Å². The summed E-state index contributed by atoms with van der Waals surface area (Å²) in [6.07, 6.45) is 0. The van der Waals surface area contributed by atoms with Gasteiger partial charge in [-0.3, -0.25) is 23.0 Å². The molecule has 0 aromatic heterocycles. The second-order valence-electron chi connectivity index (χ2n) is 14.7. The third-order valence-corrected chi connectivity index (χ3v) is 13.6. The zero-order chi connectivity index (χ0) is 49.6. The molecular formula is C43H30N8O14S4. The Morgan fingerprint density at radius 3 is 1.80 bits per heavy atom. The number of carbonyl (C=O) groups is 1. The van der Waals surface area contributed by atoms with Crippen molar-refractivity contribution in [1.29, 1.82) is 0 Å². The van der Waals surface area contributed by atoms with Crippen LogP contribution in [-0.4, -0.2) is 62.9 Å². The first-order valence-corrected chi connectivity index (χ1v) is 25.1. The molecule has 0 unspecified atom stereocenters. The van der Waals surface area contributed by atoms with Crippen LogP contribution in [-0.2, 0) is 40.5 Å². The molecule has 0 aliphatic carbocycles. The predicted octanol–water partition coefficient (Wildman–Crippen LogP) is 9.92. The van der Waals surface area contributed by atoms with Crippen LogP contribution in [0.3, 0.4) is 0 Å². The molecule has 0 bridgehead atoms. The number of phenols is 1. The number of nitrogens with two attached hydrogens (primary N) is 1. The van der Waals surface area contributed by atoms with Crippen molar-refractivity contribution in [3.8, 4) is 5.75 Å². The molecule has 8 aromatic rings. The lowest BCUT2D eigenvalue weighted by atomic mass is 10.0. The maximum atomic E-state index is 13.3. The number of anilines is 2. The van der Waals surface area contributed by atoms with Crippen LogP contribution in [0.1, 0.15) is 10.4 Å². The minimum atomic E-state index is -5.23. The van der Waals surface area contributed by atoms with Gasteiger partial charge in [0.1, 0.15) is 15.5 Å². The fourth-order valence-corrected chi connectivity index (χ4v) is 9.31. The molecule has 69 heavy (non-hydrogen) atoms. The molecule has 26 heteroatoms. The first kappa shape index (κ1) is 47.5. The molecule has 8 N–H and O–H groups in total. The number of nitrogens with one attached hydrogen (secondary N) is 1. The number of benzene rings is 8. The van der Waals surface area contributed by atoms with Crippen molar-refractivity contribution < 1.29 is 61.8 Å². The summed E-state index contributed by atoms with van der Waals surface area (Å²) in [7, 11) is -19.6. The molecule has 0 radical (unpaired) electrons. The van der Waals surface area contributed by atoms with Crippen LogP contribution in [0.2, 0.25) is 0 Å². The zero-order valence-corrected chi connectivity index (χ0v) is 37.8. The van der Waals surface area contributed by atoms with Gasteiger partial charge >= 0.3 is 0 Å². The highest BCUT2D eigenvalue weighted by Gasteiger charge is 2.25. The summed E-state index contributed by atoms with van der Waals surface area (Å²) in [5, 5.41) is 39.6. The number of azo groups is 3. The van der Waals surface area contributed by atoms with Gasteiger partial charge < -0.3 is 16.2 Å². The number of carbonyl (C=O) groups excluding carboxylic acids is 1. The molecule has 8 rings (SSSR count). The van der Waals surface area contributed by atoms with Gasteiger partial charge in [0.15, 0.2) is 5.75 Å². The number of rotatable bonds is 12. The molecule has 0 heterocycles. The lowest BCUT2D eigenvalue weighted by Crippen LogP contribution is -2.11. The highest BCUT2D eigenvalue weighted by Crippen LogP contribution is 2.47. The number of nitrogen functional groups attached to an aromatic ring is 1. The fraction of sp³-hybridized carbons (Fsp3) is 0. The van der Waals surface area contributed by atoms with Gasteiger partial charge in [0.25, 0.3) is 46.4 Å². The molecule has 0 aliphatic rings. The van der Waals surface area contributed by atoms with Gasteiger partial charge in [0.2, 0.25) is 0 Å². The van der Waals surface area contributed by atoms with Crippen LogP contribution >= 0.6 is 0 Å². The third kappa shape index (κ3) is 10.2. The summed E-state index contributed by atoms with van der Waals surface area (Å²) in [4.78, 5) is 10.6. The summed E-state index contributed by atoms with van der Waals surface area (Å²) in [6.45, 7) is 0. The van der Waals surface area contributed by atoms with Gasteiger partial charge in [-0.25, -0.2) is 0 Å². The van der Waals surface area contributed by atoms with Gasteiger partial charge in [-0.05, 0) is 95.7 Å². The van der Waals surface area contributed by atoms with E-state index in [1.807, 2.05) is 0 Å². The number of phenolic OH excluding ortho intramolecular Hbond substituents is 1. The average Bonchev–Trinajstić information content (AvgIpc) is 3.28. The predicted molar refractivity (Wildman–Crippen MR) is 251 cm³/mol. The number of amides is 1. The second kappa shape index (κ2) is 17.9. The Bertz CT molecular complexity index is 4040. The molecule has 0 saturated carbocycles. The lowest BCUT2D eigenvalue weighted by Gasteiger charge is -2.13. The van der Waals surface area contributed by atoms with E-state index in [9.17, 15) is 61.8 Å². The van der Waals surface area contributed by atoms with Crippen molar-refractivity contribution >= 4 is 124 Å².